The number of benzene rings is 1. The first-order valence-electron chi connectivity index (χ1n) is 7.24. The Balaban J connectivity index is 1.77. The summed E-state index contributed by atoms with van der Waals surface area (Å²) in [5.74, 6) is 0.117. The van der Waals surface area contributed by atoms with Gasteiger partial charge in [0.25, 0.3) is 0 Å². The summed E-state index contributed by atoms with van der Waals surface area (Å²) in [7, 11) is 1.86. The predicted octanol–water partition coefficient (Wildman–Crippen LogP) is 3.81. The van der Waals surface area contributed by atoms with Gasteiger partial charge in [-0.05, 0) is 35.6 Å². The summed E-state index contributed by atoms with van der Waals surface area (Å²) < 4.78 is 0. The van der Waals surface area contributed by atoms with Crippen LogP contribution in [0.15, 0.2) is 48.0 Å². The summed E-state index contributed by atoms with van der Waals surface area (Å²) in [6.07, 6.45) is 2.16. The molecule has 112 valence electrons. The van der Waals surface area contributed by atoms with E-state index in [2.05, 4.69) is 23.4 Å². The molecule has 3 rings (SSSR count). The summed E-state index contributed by atoms with van der Waals surface area (Å²) in [6, 6.07) is 12.0. The van der Waals surface area contributed by atoms with Crippen LogP contribution >= 0.6 is 11.3 Å². The number of pyridine rings is 1. The molecule has 0 atom stereocenters. The minimum Gasteiger partial charge on any atom is -0.340 e. The van der Waals surface area contributed by atoms with Crippen molar-refractivity contribution in [3.63, 3.8) is 0 Å². The molecule has 0 unspecified atom stereocenters. The van der Waals surface area contributed by atoms with Gasteiger partial charge in [-0.15, -0.1) is 11.3 Å². The number of aryl methyl sites for hydroxylation is 1. The van der Waals surface area contributed by atoms with Crippen LogP contribution < -0.4 is 0 Å². The maximum atomic E-state index is 12.5. The Morgan fingerprint density at radius 1 is 1.23 bits per heavy atom. The molecule has 0 spiro atoms. The van der Waals surface area contributed by atoms with Gasteiger partial charge in [-0.25, -0.2) is 0 Å². The minimum absolute atomic E-state index is 0.117. The highest BCUT2D eigenvalue weighted by atomic mass is 32.1. The molecule has 0 saturated carbocycles. The first-order valence-corrected chi connectivity index (χ1v) is 8.12. The van der Waals surface area contributed by atoms with Crippen molar-refractivity contribution in [2.75, 3.05) is 7.05 Å². The number of likely N-dealkylation sites (N-methyl/N-ethyl adjacent to an activating group) is 1. The minimum atomic E-state index is 0.117. The molecule has 1 amide bonds. The van der Waals surface area contributed by atoms with Gasteiger partial charge in [0.05, 0.1) is 18.5 Å². The van der Waals surface area contributed by atoms with Gasteiger partial charge in [0.2, 0.25) is 5.91 Å². The topological polar surface area (TPSA) is 33.2 Å². The van der Waals surface area contributed by atoms with Gasteiger partial charge >= 0.3 is 0 Å². The maximum Gasteiger partial charge on any atom is 0.227 e. The molecule has 0 radical (unpaired) electrons. The largest absolute Gasteiger partial charge is 0.340 e. The van der Waals surface area contributed by atoms with E-state index in [-0.39, 0.29) is 5.91 Å². The molecule has 1 aromatic carbocycles. The molecule has 2 heterocycles. The molecule has 0 N–H and O–H groups in total. The van der Waals surface area contributed by atoms with Crippen LogP contribution in [0.1, 0.15) is 16.0 Å². The van der Waals surface area contributed by atoms with E-state index in [0.717, 1.165) is 16.5 Å². The standard InChI is InChI=1S/C18H18N2OS/c1-13-8-10-22-16(13)12-20(2)17(21)11-15-6-3-5-14-7-4-9-19-18(14)15/h3-10H,11-12H2,1-2H3. The summed E-state index contributed by atoms with van der Waals surface area (Å²) in [6.45, 7) is 2.75. The van der Waals surface area contributed by atoms with E-state index in [1.165, 1.54) is 10.4 Å². The highest BCUT2D eigenvalue weighted by molar-refractivity contribution is 7.10. The van der Waals surface area contributed by atoms with Gasteiger partial charge in [-0.3, -0.25) is 9.78 Å². The summed E-state index contributed by atoms with van der Waals surface area (Å²) in [5.41, 5.74) is 3.15. The monoisotopic (exact) mass is 310 g/mol. The third-order valence-corrected chi connectivity index (χ3v) is 4.84. The van der Waals surface area contributed by atoms with Crippen LogP contribution in [0.2, 0.25) is 0 Å². The average Bonchev–Trinajstić information content (AvgIpc) is 2.93. The van der Waals surface area contributed by atoms with Crippen molar-refractivity contribution in [2.24, 2.45) is 0 Å². The molecule has 0 aliphatic carbocycles. The van der Waals surface area contributed by atoms with Crippen molar-refractivity contribution in [3.8, 4) is 0 Å². The Bertz CT molecular complexity index is 804. The number of amides is 1. The molecule has 0 saturated heterocycles. The van der Waals surface area contributed by atoms with E-state index in [1.54, 1.807) is 22.4 Å². The van der Waals surface area contributed by atoms with E-state index >= 15 is 0 Å². The number of nitrogens with zero attached hydrogens (tertiary/aromatic N) is 2. The zero-order chi connectivity index (χ0) is 15.5. The second kappa shape index (κ2) is 6.28. The first kappa shape index (κ1) is 14.7. The Hall–Kier alpha value is -2.20. The van der Waals surface area contributed by atoms with Crippen LogP contribution in [-0.4, -0.2) is 22.8 Å². The number of hydrogen-bond donors (Lipinski definition) is 0. The third-order valence-electron chi connectivity index (χ3n) is 3.83. The number of aromatic nitrogens is 1. The van der Waals surface area contributed by atoms with Crippen molar-refractivity contribution in [1.82, 2.24) is 9.88 Å². The number of carbonyl (C=O) groups excluding carboxylic acids is 1. The van der Waals surface area contributed by atoms with Gasteiger partial charge in [0, 0.05) is 23.5 Å². The molecule has 0 bridgehead atoms. The van der Waals surface area contributed by atoms with E-state index in [0.29, 0.717) is 13.0 Å². The molecule has 4 heteroatoms. The lowest BCUT2D eigenvalue weighted by molar-refractivity contribution is -0.129. The highest BCUT2D eigenvalue weighted by Gasteiger charge is 2.14. The third kappa shape index (κ3) is 3.02. The Morgan fingerprint density at radius 3 is 2.82 bits per heavy atom. The number of hydrogen-bond acceptors (Lipinski definition) is 3. The number of fused-ring (bicyclic) bond motifs is 1. The van der Waals surface area contributed by atoms with Crippen LogP contribution in [-0.2, 0) is 17.8 Å². The second-order valence-corrected chi connectivity index (χ2v) is 6.45. The molecule has 22 heavy (non-hydrogen) atoms. The lowest BCUT2D eigenvalue weighted by Crippen LogP contribution is -2.27. The van der Waals surface area contributed by atoms with Gasteiger partial charge in [0.15, 0.2) is 0 Å². The molecule has 3 aromatic rings. The van der Waals surface area contributed by atoms with Gasteiger partial charge in [0.1, 0.15) is 0 Å². The van der Waals surface area contributed by atoms with Gasteiger partial charge in [-0.1, -0.05) is 24.3 Å². The van der Waals surface area contributed by atoms with Crippen molar-refractivity contribution in [3.05, 3.63) is 64.0 Å². The van der Waals surface area contributed by atoms with Crippen molar-refractivity contribution < 1.29 is 4.79 Å². The van der Waals surface area contributed by atoms with Crippen molar-refractivity contribution in [1.29, 1.82) is 0 Å². The second-order valence-electron chi connectivity index (χ2n) is 5.45. The van der Waals surface area contributed by atoms with Gasteiger partial charge < -0.3 is 4.90 Å². The number of para-hydroxylation sites is 1. The fourth-order valence-electron chi connectivity index (χ4n) is 2.48. The van der Waals surface area contributed by atoms with Gasteiger partial charge in [-0.2, -0.15) is 0 Å². The zero-order valence-electron chi connectivity index (χ0n) is 12.7. The smallest absolute Gasteiger partial charge is 0.227 e. The first-order chi connectivity index (χ1) is 10.6. The van der Waals surface area contributed by atoms with Crippen LogP contribution in [0.4, 0.5) is 0 Å². The Morgan fingerprint density at radius 2 is 2.05 bits per heavy atom. The molecule has 0 aliphatic rings. The molecular formula is C18H18N2OS. The normalized spacial score (nSPS) is 10.8. The Kier molecular flexibility index (Phi) is 4.20. The van der Waals surface area contributed by atoms with Crippen molar-refractivity contribution in [2.45, 2.75) is 19.9 Å². The fourth-order valence-corrected chi connectivity index (χ4v) is 3.44. The summed E-state index contributed by atoms with van der Waals surface area (Å²) >= 11 is 1.70. The number of thiophene rings is 1. The van der Waals surface area contributed by atoms with Crippen LogP contribution in [0, 0.1) is 6.92 Å². The predicted molar refractivity (Wildman–Crippen MR) is 91.0 cm³/mol. The molecular weight excluding hydrogens is 292 g/mol. The quantitative estimate of drug-likeness (QED) is 0.734. The zero-order valence-corrected chi connectivity index (χ0v) is 13.6. The Labute approximate surface area is 134 Å². The molecule has 2 aromatic heterocycles. The van der Waals surface area contributed by atoms with E-state index < -0.39 is 0 Å². The average molecular weight is 310 g/mol. The van der Waals surface area contributed by atoms with Crippen LogP contribution in [0.3, 0.4) is 0 Å². The number of carbonyl (C=O) groups is 1. The lowest BCUT2D eigenvalue weighted by atomic mass is 10.1. The van der Waals surface area contributed by atoms with Crippen LogP contribution in [0.25, 0.3) is 10.9 Å². The van der Waals surface area contributed by atoms with Crippen LogP contribution in [0.5, 0.6) is 0 Å². The highest BCUT2D eigenvalue weighted by Crippen LogP contribution is 2.19. The molecule has 0 fully saturated rings. The van der Waals surface area contributed by atoms with Crippen molar-refractivity contribution >= 4 is 28.1 Å². The fraction of sp³-hybridized carbons (Fsp3) is 0.222. The van der Waals surface area contributed by atoms with E-state index in [9.17, 15) is 4.79 Å². The summed E-state index contributed by atoms with van der Waals surface area (Å²) in [5, 5.41) is 3.14. The molecule has 0 aliphatic heterocycles. The van der Waals surface area contributed by atoms with E-state index in [1.807, 2.05) is 37.4 Å². The summed E-state index contributed by atoms with van der Waals surface area (Å²) in [4.78, 5) is 19.9. The SMILES string of the molecule is Cc1ccsc1CN(C)C(=O)Cc1cccc2cccnc12. The molecule has 3 nitrogen and oxygen atoms in total. The maximum absolute atomic E-state index is 12.5. The van der Waals surface area contributed by atoms with E-state index in [4.69, 9.17) is 0 Å². The number of rotatable bonds is 4. The lowest BCUT2D eigenvalue weighted by Gasteiger charge is -2.17.